The summed E-state index contributed by atoms with van der Waals surface area (Å²) in [7, 11) is 0. The first-order valence-corrected chi connectivity index (χ1v) is 14.9. The van der Waals surface area contributed by atoms with E-state index in [0.29, 0.717) is 0 Å². The van der Waals surface area contributed by atoms with E-state index in [9.17, 15) is 0 Å². The molecular weight excluding hydrogens is 536 g/mol. The van der Waals surface area contributed by atoms with Crippen molar-refractivity contribution in [2.24, 2.45) is 0 Å². The number of rotatable bonds is 4. The number of hydrogen-bond acceptors (Lipinski definition) is 2. The molecule has 0 bridgehead atoms. The highest BCUT2D eigenvalue weighted by molar-refractivity contribution is 6.26. The van der Waals surface area contributed by atoms with Gasteiger partial charge in [-0.2, -0.15) is 0 Å². The van der Waals surface area contributed by atoms with Gasteiger partial charge in [-0.15, -0.1) is 0 Å². The van der Waals surface area contributed by atoms with Crippen LogP contribution in [0.4, 0.5) is 0 Å². The normalized spacial score (nSPS) is 11.6. The van der Waals surface area contributed by atoms with Gasteiger partial charge in [-0.3, -0.25) is 4.57 Å². The Morgan fingerprint density at radius 2 is 0.977 bits per heavy atom. The second-order valence-corrected chi connectivity index (χ2v) is 11.1. The Labute approximate surface area is 254 Å². The van der Waals surface area contributed by atoms with Crippen LogP contribution in [0, 0.1) is 0 Å². The predicted molar refractivity (Wildman–Crippen MR) is 182 cm³/mol. The number of para-hydroxylation sites is 3. The molecule has 4 heterocycles. The maximum atomic E-state index is 5.22. The molecule has 0 spiro atoms. The summed E-state index contributed by atoms with van der Waals surface area (Å²) in [5.74, 6) is 0.863. The predicted octanol–water partition coefficient (Wildman–Crippen LogP) is 10.0. The Morgan fingerprint density at radius 1 is 0.364 bits per heavy atom. The van der Waals surface area contributed by atoms with Crippen LogP contribution in [0.2, 0.25) is 0 Å². The molecule has 0 atom stereocenters. The monoisotopic (exact) mass is 562 g/mol. The third kappa shape index (κ3) is 3.71. The highest BCUT2D eigenvalue weighted by atomic mass is 15.1. The number of benzene rings is 5. The summed E-state index contributed by atoms with van der Waals surface area (Å²) in [6, 6.07) is 55.2. The summed E-state index contributed by atoms with van der Waals surface area (Å²) >= 11 is 0. The Balaban J connectivity index is 1.32. The molecule has 9 rings (SSSR count). The van der Waals surface area contributed by atoms with Crippen molar-refractivity contribution in [3.63, 3.8) is 0 Å². The van der Waals surface area contributed by atoms with Crippen molar-refractivity contribution >= 4 is 43.6 Å². The van der Waals surface area contributed by atoms with E-state index < -0.39 is 0 Å². The van der Waals surface area contributed by atoms with E-state index in [-0.39, 0.29) is 0 Å². The van der Waals surface area contributed by atoms with Gasteiger partial charge in [0.15, 0.2) is 0 Å². The summed E-state index contributed by atoms with van der Waals surface area (Å²) in [5, 5.41) is 4.90. The Bertz CT molecular complexity index is 2490. The van der Waals surface area contributed by atoms with Gasteiger partial charge in [0.1, 0.15) is 5.82 Å². The van der Waals surface area contributed by atoms with Crippen molar-refractivity contribution in [2.45, 2.75) is 0 Å². The molecule has 4 aromatic heterocycles. The summed E-state index contributed by atoms with van der Waals surface area (Å²) in [6.45, 7) is 0. The fourth-order valence-electron chi connectivity index (χ4n) is 6.64. The summed E-state index contributed by atoms with van der Waals surface area (Å²) in [4.78, 5) is 10.2. The zero-order valence-electron chi connectivity index (χ0n) is 23.8. The fourth-order valence-corrected chi connectivity index (χ4v) is 6.64. The molecule has 0 radical (unpaired) electrons. The minimum absolute atomic E-state index is 0.839. The first kappa shape index (κ1) is 24.6. The SMILES string of the molecule is c1ccc(-c2cccc(-c3cccc(-n4c5ccccc5c5c4ccc4c6ccccc6n(-c6ccccc6)c45)n3)n2)cc1. The van der Waals surface area contributed by atoms with Gasteiger partial charge in [0.05, 0.1) is 39.1 Å². The minimum Gasteiger partial charge on any atom is -0.309 e. The van der Waals surface area contributed by atoms with Crippen molar-refractivity contribution in [3.05, 3.63) is 158 Å². The molecule has 0 N–H and O–H groups in total. The largest absolute Gasteiger partial charge is 0.309 e. The van der Waals surface area contributed by atoms with Crippen molar-refractivity contribution in [3.8, 4) is 34.2 Å². The number of nitrogens with zero attached hydrogens (tertiary/aromatic N) is 4. The van der Waals surface area contributed by atoms with E-state index in [1.165, 1.54) is 32.6 Å². The number of aromatic nitrogens is 4. The highest BCUT2D eigenvalue weighted by Gasteiger charge is 2.21. The van der Waals surface area contributed by atoms with Gasteiger partial charge >= 0.3 is 0 Å². The lowest BCUT2D eigenvalue weighted by Gasteiger charge is -2.11. The first-order chi connectivity index (χ1) is 21.8. The van der Waals surface area contributed by atoms with Crippen LogP contribution >= 0.6 is 0 Å². The molecule has 0 amide bonds. The van der Waals surface area contributed by atoms with Crippen LogP contribution in [-0.4, -0.2) is 19.1 Å². The smallest absolute Gasteiger partial charge is 0.138 e. The molecule has 5 aromatic carbocycles. The fraction of sp³-hybridized carbons (Fsp3) is 0. The molecule has 0 aliphatic carbocycles. The van der Waals surface area contributed by atoms with Gasteiger partial charge in [-0.25, -0.2) is 9.97 Å². The van der Waals surface area contributed by atoms with E-state index in [1.807, 2.05) is 36.4 Å². The molecule has 0 aliphatic heterocycles. The van der Waals surface area contributed by atoms with Crippen molar-refractivity contribution in [1.82, 2.24) is 19.1 Å². The van der Waals surface area contributed by atoms with Crippen LogP contribution < -0.4 is 0 Å². The van der Waals surface area contributed by atoms with Gasteiger partial charge in [0.2, 0.25) is 0 Å². The second-order valence-electron chi connectivity index (χ2n) is 11.1. The van der Waals surface area contributed by atoms with Crippen LogP contribution in [-0.2, 0) is 0 Å². The van der Waals surface area contributed by atoms with Crippen LogP contribution in [0.5, 0.6) is 0 Å². The lowest BCUT2D eigenvalue weighted by Crippen LogP contribution is -1.99. The molecular formula is C40H26N4. The summed E-state index contributed by atoms with van der Waals surface area (Å²) < 4.78 is 4.70. The van der Waals surface area contributed by atoms with E-state index >= 15 is 0 Å². The number of fused-ring (bicyclic) bond motifs is 7. The number of hydrogen-bond donors (Lipinski definition) is 0. The van der Waals surface area contributed by atoms with Crippen LogP contribution in [0.25, 0.3) is 77.8 Å². The van der Waals surface area contributed by atoms with Crippen LogP contribution in [0.1, 0.15) is 0 Å². The molecule has 0 fully saturated rings. The van der Waals surface area contributed by atoms with Crippen LogP contribution in [0.15, 0.2) is 158 Å². The lowest BCUT2D eigenvalue weighted by atomic mass is 10.1. The quantitative estimate of drug-likeness (QED) is 0.214. The van der Waals surface area contributed by atoms with Gasteiger partial charge in [0, 0.05) is 32.8 Å². The van der Waals surface area contributed by atoms with Crippen molar-refractivity contribution < 1.29 is 0 Å². The molecule has 0 unspecified atom stereocenters. The van der Waals surface area contributed by atoms with Crippen molar-refractivity contribution in [2.75, 3.05) is 0 Å². The summed E-state index contributed by atoms with van der Waals surface area (Å²) in [5.41, 5.74) is 9.50. The molecule has 4 nitrogen and oxygen atoms in total. The maximum absolute atomic E-state index is 5.22. The van der Waals surface area contributed by atoms with Gasteiger partial charge < -0.3 is 4.57 Å². The van der Waals surface area contributed by atoms with E-state index in [0.717, 1.165) is 45.2 Å². The van der Waals surface area contributed by atoms with E-state index in [1.54, 1.807) is 0 Å². The average molecular weight is 563 g/mol. The first-order valence-electron chi connectivity index (χ1n) is 14.9. The van der Waals surface area contributed by atoms with Crippen molar-refractivity contribution in [1.29, 1.82) is 0 Å². The zero-order chi connectivity index (χ0) is 29.0. The number of pyridine rings is 2. The lowest BCUT2D eigenvalue weighted by molar-refractivity contribution is 1.08. The standard InChI is InChI=1S/C40H26N4/c1-3-13-27(14-4-1)32-19-11-20-33(41-32)34-21-12-24-38(42-34)44-36-23-10-8-18-31(36)39-37(44)26-25-30-29-17-7-9-22-35(29)43(40(30)39)28-15-5-2-6-16-28/h1-26H. The molecule has 206 valence electrons. The Kier molecular flexibility index (Phi) is 5.47. The second kappa shape index (κ2) is 9.79. The Hall–Kier alpha value is -6.00. The highest BCUT2D eigenvalue weighted by Crippen LogP contribution is 2.41. The Morgan fingerprint density at radius 3 is 1.77 bits per heavy atom. The maximum Gasteiger partial charge on any atom is 0.138 e. The van der Waals surface area contributed by atoms with Gasteiger partial charge in [-0.1, -0.05) is 103 Å². The topological polar surface area (TPSA) is 35.6 Å². The molecule has 44 heavy (non-hydrogen) atoms. The third-order valence-corrected chi connectivity index (χ3v) is 8.53. The van der Waals surface area contributed by atoms with Gasteiger partial charge in [0.25, 0.3) is 0 Å². The van der Waals surface area contributed by atoms with E-state index in [2.05, 4.69) is 130 Å². The molecule has 0 saturated carbocycles. The summed E-state index contributed by atoms with van der Waals surface area (Å²) in [6.07, 6.45) is 0. The van der Waals surface area contributed by atoms with Crippen LogP contribution in [0.3, 0.4) is 0 Å². The molecule has 9 aromatic rings. The van der Waals surface area contributed by atoms with E-state index in [4.69, 9.17) is 9.97 Å². The molecule has 0 saturated heterocycles. The average Bonchev–Trinajstić information content (AvgIpc) is 3.62. The van der Waals surface area contributed by atoms with Gasteiger partial charge in [-0.05, 0) is 54.6 Å². The molecule has 4 heteroatoms. The third-order valence-electron chi connectivity index (χ3n) is 8.53. The molecule has 0 aliphatic rings. The zero-order valence-corrected chi connectivity index (χ0v) is 23.8. The minimum atomic E-state index is 0.839.